The molecule has 0 fully saturated rings. The fourth-order valence-electron chi connectivity index (χ4n) is 1.15. The molecular weight excluding hydrogens is 210 g/mol. The van der Waals surface area contributed by atoms with Gasteiger partial charge in [0, 0.05) is 11.6 Å². The van der Waals surface area contributed by atoms with E-state index in [4.69, 9.17) is 15.6 Å². The molecule has 1 amide bonds. The SMILES string of the molecule is COc1cc(C(=O)O)ccc1C=CC(N)=O. The van der Waals surface area contributed by atoms with Crippen molar-refractivity contribution >= 4 is 18.0 Å². The van der Waals surface area contributed by atoms with Crippen LogP contribution in [0.25, 0.3) is 6.08 Å². The topological polar surface area (TPSA) is 89.6 Å². The van der Waals surface area contributed by atoms with E-state index in [1.165, 1.54) is 31.4 Å². The van der Waals surface area contributed by atoms with Crippen molar-refractivity contribution in [2.24, 2.45) is 5.73 Å². The molecule has 84 valence electrons. The molecule has 5 heteroatoms. The summed E-state index contributed by atoms with van der Waals surface area (Å²) >= 11 is 0. The zero-order valence-electron chi connectivity index (χ0n) is 8.64. The highest BCUT2D eigenvalue weighted by Gasteiger charge is 2.07. The standard InChI is InChI=1S/C11H11NO4/c1-16-9-6-8(11(14)15)3-2-7(9)4-5-10(12)13/h2-6H,1H3,(H2,12,13)(H,14,15). The molecule has 0 aromatic heterocycles. The average Bonchev–Trinajstić information content (AvgIpc) is 2.25. The van der Waals surface area contributed by atoms with E-state index in [0.29, 0.717) is 11.3 Å². The van der Waals surface area contributed by atoms with Gasteiger partial charge in [-0.15, -0.1) is 0 Å². The summed E-state index contributed by atoms with van der Waals surface area (Å²) in [6, 6.07) is 4.34. The minimum absolute atomic E-state index is 0.119. The maximum atomic E-state index is 10.7. The molecule has 1 rings (SSSR count). The zero-order valence-corrected chi connectivity index (χ0v) is 8.64. The lowest BCUT2D eigenvalue weighted by atomic mass is 10.1. The quantitative estimate of drug-likeness (QED) is 0.739. The van der Waals surface area contributed by atoms with Crippen LogP contribution in [0.1, 0.15) is 15.9 Å². The Bertz CT molecular complexity index is 451. The summed E-state index contributed by atoms with van der Waals surface area (Å²) in [4.78, 5) is 21.2. The number of amides is 1. The van der Waals surface area contributed by atoms with Crippen molar-refractivity contribution < 1.29 is 19.4 Å². The van der Waals surface area contributed by atoms with Crippen LogP contribution in [0.2, 0.25) is 0 Å². The molecule has 5 nitrogen and oxygen atoms in total. The Hall–Kier alpha value is -2.30. The molecular formula is C11H11NO4. The van der Waals surface area contributed by atoms with E-state index in [1.54, 1.807) is 6.07 Å². The van der Waals surface area contributed by atoms with Crippen LogP contribution in [0.5, 0.6) is 5.75 Å². The van der Waals surface area contributed by atoms with Gasteiger partial charge >= 0.3 is 5.97 Å². The number of hydrogen-bond donors (Lipinski definition) is 2. The smallest absolute Gasteiger partial charge is 0.335 e. The number of methoxy groups -OCH3 is 1. The molecule has 0 atom stereocenters. The number of rotatable bonds is 4. The van der Waals surface area contributed by atoms with Gasteiger partial charge in [-0.05, 0) is 18.2 Å². The predicted molar refractivity (Wildman–Crippen MR) is 58.2 cm³/mol. The van der Waals surface area contributed by atoms with Crippen LogP contribution in [0, 0.1) is 0 Å². The predicted octanol–water partition coefficient (Wildman–Crippen LogP) is 0.892. The van der Waals surface area contributed by atoms with E-state index in [1.807, 2.05) is 0 Å². The highest BCUT2D eigenvalue weighted by molar-refractivity contribution is 5.92. The summed E-state index contributed by atoms with van der Waals surface area (Å²) in [6.45, 7) is 0. The summed E-state index contributed by atoms with van der Waals surface area (Å²) < 4.78 is 5.00. The first-order valence-corrected chi connectivity index (χ1v) is 4.43. The van der Waals surface area contributed by atoms with Crippen molar-refractivity contribution in [1.82, 2.24) is 0 Å². The molecule has 0 aliphatic rings. The van der Waals surface area contributed by atoms with Crippen LogP contribution in [0.4, 0.5) is 0 Å². The van der Waals surface area contributed by atoms with Gasteiger partial charge in [0.25, 0.3) is 0 Å². The van der Waals surface area contributed by atoms with Gasteiger partial charge in [-0.25, -0.2) is 4.79 Å². The third kappa shape index (κ3) is 2.84. The Morgan fingerprint density at radius 3 is 2.62 bits per heavy atom. The molecule has 0 spiro atoms. The number of carbonyl (C=O) groups excluding carboxylic acids is 1. The monoisotopic (exact) mass is 221 g/mol. The maximum Gasteiger partial charge on any atom is 0.335 e. The molecule has 16 heavy (non-hydrogen) atoms. The average molecular weight is 221 g/mol. The van der Waals surface area contributed by atoms with Crippen molar-refractivity contribution in [3.63, 3.8) is 0 Å². The number of carboxylic acid groups (broad SMARTS) is 1. The summed E-state index contributed by atoms with van der Waals surface area (Å²) in [5.41, 5.74) is 5.66. The molecule has 1 aromatic rings. The zero-order chi connectivity index (χ0) is 12.1. The summed E-state index contributed by atoms with van der Waals surface area (Å²) in [5.74, 6) is -1.24. The molecule has 0 aliphatic heterocycles. The third-order valence-corrected chi connectivity index (χ3v) is 1.91. The van der Waals surface area contributed by atoms with Crippen molar-refractivity contribution in [3.8, 4) is 5.75 Å². The molecule has 0 aliphatic carbocycles. The van der Waals surface area contributed by atoms with Gasteiger partial charge in [-0.1, -0.05) is 6.07 Å². The first kappa shape index (κ1) is 11.8. The van der Waals surface area contributed by atoms with Gasteiger partial charge in [0.05, 0.1) is 12.7 Å². The number of aromatic carboxylic acids is 1. The van der Waals surface area contributed by atoms with Crippen molar-refractivity contribution in [2.75, 3.05) is 7.11 Å². The third-order valence-electron chi connectivity index (χ3n) is 1.91. The van der Waals surface area contributed by atoms with Gasteiger partial charge < -0.3 is 15.6 Å². The van der Waals surface area contributed by atoms with Gasteiger partial charge in [0.2, 0.25) is 5.91 Å². The molecule has 0 heterocycles. The number of nitrogens with two attached hydrogens (primary N) is 1. The minimum Gasteiger partial charge on any atom is -0.496 e. The molecule has 0 bridgehead atoms. The summed E-state index contributed by atoms with van der Waals surface area (Å²) in [5, 5.41) is 8.77. The molecule has 1 aromatic carbocycles. The highest BCUT2D eigenvalue weighted by atomic mass is 16.5. The summed E-state index contributed by atoms with van der Waals surface area (Å²) in [7, 11) is 1.42. The fraction of sp³-hybridized carbons (Fsp3) is 0.0909. The second-order valence-electron chi connectivity index (χ2n) is 3.00. The number of ether oxygens (including phenoxy) is 1. The fourth-order valence-corrected chi connectivity index (χ4v) is 1.15. The van der Waals surface area contributed by atoms with Crippen LogP contribution < -0.4 is 10.5 Å². The van der Waals surface area contributed by atoms with E-state index in [-0.39, 0.29) is 5.56 Å². The van der Waals surface area contributed by atoms with E-state index >= 15 is 0 Å². The largest absolute Gasteiger partial charge is 0.496 e. The van der Waals surface area contributed by atoms with Crippen LogP contribution in [-0.4, -0.2) is 24.1 Å². The Morgan fingerprint density at radius 2 is 2.12 bits per heavy atom. The highest BCUT2D eigenvalue weighted by Crippen LogP contribution is 2.21. The van der Waals surface area contributed by atoms with Gasteiger partial charge in [-0.3, -0.25) is 4.79 Å². The Morgan fingerprint density at radius 1 is 1.44 bits per heavy atom. The lowest BCUT2D eigenvalue weighted by Gasteiger charge is -2.05. The van der Waals surface area contributed by atoms with Crippen LogP contribution in [0.3, 0.4) is 0 Å². The maximum absolute atomic E-state index is 10.7. The van der Waals surface area contributed by atoms with E-state index < -0.39 is 11.9 Å². The first-order valence-electron chi connectivity index (χ1n) is 4.43. The van der Waals surface area contributed by atoms with Gasteiger partial charge in [0.15, 0.2) is 0 Å². The van der Waals surface area contributed by atoms with Crippen LogP contribution >= 0.6 is 0 Å². The number of hydrogen-bond acceptors (Lipinski definition) is 3. The molecule has 0 saturated heterocycles. The van der Waals surface area contributed by atoms with Crippen LogP contribution in [-0.2, 0) is 4.79 Å². The number of carboxylic acids is 1. The van der Waals surface area contributed by atoms with E-state index in [2.05, 4.69) is 0 Å². The Kier molecular flexibility index (Phi) is 3.66. The summed E-state index contributed by atoms with van der Waals surface area (Å²) in [6.07, 6.45) is 2.64. The number of primary amides is 1. The van der Waals surface area contributed by atoms with Gasteiger partial charge in [0.1, 0.15) is 5.75 Å². The van der Waals surface area contributed by atoms with Crippen molar-refractivity contribution in [2.45, 2.75) is 0 Å². The minimum atomic E-state index is -1.04. The Labute approximate surface area is 92.1 Å². The first-order chi connectivity index (χ1) is 7.54. The number of benzene rings is 1. The van der Waals surface area contributed by atoms with Crippen molar-refractivity contribution in [3.05, 3.63) is 35.4 Å². The Balaban J connectivity index is 3.11. The number of carbonyl (C=O) groups is 2. The lowest BCUT2D eigenvalue weighted by Crippen LogP contribution is -2.05. The van der Waals surface area contributed by atoms with Crippen LogP contribution in [0.15, 0.2) is 24.3 Å². The second kappa shape index (κ2) is 4.97. The second-order valence-corrected chi connectivity index (χ2v) is 3.00. The molecule has 0 saturated carbocycles. The van der Waals surface area contributed by atoms with E-state index in [0.717, 1.165) is 0 Å². The van der Waals surface area contributed by atoms with Crippen molar-refractivity contribution in [1.29, 1.82) is 0 Å². The molecule has 0 radical (unpaired) electrons. The van der Waals surface area contributed by atoms with Gasteiger partial charge in [-0.2, -0.15) is 0 Å². The van der Waals surface area contributed by atoms with E-state index in [9.17, 15) is 9.59 Å². The molecule has 3 N–H and O–H groups in total. The normalized spacial score (nSPS) is 10.3. The molecule has 0 unspecified atom stereocenters. The lowest BCUT2D eigenvalue weighted by molar-refractivity contribution is -0.113.